The third-order valence-electron chi connectivity index (χ3n) is 3.61. The van der Waals surface area contributed by atoms with E-state index in [0.717, 1.165) is 37.7 Å². The van der Waals surface area contributed by atoms with Crippen LogP contribution >= 0.6 is 27.3 Å². The molecule has 4 nitrogen and oxygen atoms in total. The number of hydrogen-bond donors (Lipinski definition) is 1. The summed E-state index contributed by atoms with van der Waals surface area (Å²) in [6, 6.07) is 2.18. The summed E-state index contributed by atoms with van der Waals surface area (Å²) in [5.74, 6) is 2.88. The van der Waals surface area contributed by atoms with Crippen molar-refractivity contribution in [3.63, 3.8) is 0 Å². The Bertz CT molecular complexity index is 563. The number of aromatic nitrogens is 3. The molecular formula is C13H17BrN4S. The van der Waals surface area contributed by atoms with Gasteiger partial charge in [0.25, 0.3) is 0 Å². The van der Waals surface area contributed by atoms with Gasteiger partial charge in [0.15, 0.2) is 0 Å². The minimum absolute atomic E-state index is 0.685. The molecule has 0 saturated carbocycles. The summed E-state index contributed by atoms with van der Waals surface area (Å²) >= 11 is 5.24. The average molecular weight is 341 g/mol. The number of fused-ring (bicyclic) bond motifs is 1. The smallest absolute Gasteiger partial charge is 0.133 e. The molecule has 0 fully saturated rings. The Balaban J connectivity index is 1.51. The molecule has 2 aromatic rings. The lowest BCUT2D eigenvalue weighted by molar-refractivity contribution is 0.344. The van der Waals surface area contributed by atoms with Crippen molar-refractivity contribution in [3.05, 3.63) is 32.4 Å². The topological polar surface area (TPSA) is 42.7 Å². The monoisotopic (exact) mass is 340 g/mol. The Morgan fingerprint density at radius 2 is 2.42 bits per heavy atom. The second kappa shape index (κ2) is 5.73. The number of rotatable bonds is 4. The molecule has 3 rings (SSSR count). The van der Waals surface area contributed by atoms with E-state index in [4.69, 9.17) is 0 Å². The lowest BCUT2D eigenvalue weighted by Crippen LogP contribution is -2.30. The van der Waals surface area contributed by atoms with Crippen LogP contribution in [0.2, 0.25) is 0 Å². The number of nitrogens with zero attached hydrogens (tertiary/aromatic N) is 3. The van der Waals surface area contributed by atoms with Gasteiger partial charge in [-0.15, -0.1) is 21.5 Å². The minimum Gasteiger partial charge on any atom is -0.315 e. The average Bonchev–Trinajstić information content (AvgIpc) is 2.97. The number of hydrogen-bond acceptors (Lipinski definition) is 4. The predicted octanol–water partition coefficient (Wildman–Crippen LogP) is 2.76. The molecule has 0 bridgehead atoms. The molecule has 1 aliphatic heterocycles. The van der Waals surface area contributed by atoms with Crippen molar-refractivity contribution >= 4 is 27.3 Å². The van der Waals surface area contributed by atoms with Crippen LogP contribution in [0.15, 0.2) is 15.2 Å². The molecule has 0 aromatic carbocycles. The molecule has 0 saturated heterocycles. The van der Waals surface area contributed by atoms with Gasteiger partial charge in [-0.05, 0) is 58.7 Å². The molecule has 1 aliphatic rings. The van der Waals surface area contributed by atoms with E-state index in [9.17, 15) is 0 Å². The predicted molar refractivity (Wildman–Crippen MR) is 80.3 cm³/mol. The van der Waals surface area contributed by atoms with Gasteiger partial charge in [0, 0.05) is 19.5 Å². The molecule has 102 valence electrons. The molecule has 0 spiro atoms. The maximum atomic E-state index is 4.21. The highest BCUT2D eigenvalue weighted by Crippen LogP contribution is 2.21. The zero-order valence-electron chi connectivity index (χ0n) is 10.9. The van der Waals surface area contributed by atoms with Crippen molar-refractivity contribution < 1.29 is 0 Å². The van der Waals surface area contributed by atoms with E-state index in [2.05, 4.69) is 47.5 Å². The molecule has 1 atom stereocenters. The third kappa shape index (κ3) is 3.07. The van der Waals surface area contributed by atoms with Gasteiger partial charge in [0.1, 0.15) is 11.6 Å². The van der Waals surface area contributed by atoms with E-state index in [1.807, 2.05) is 6.92 Å². The fourth-order valence-electron chi connectivity index (χ4n) is 2.56. The lowest BCUT2D eigenvalue weighted by atomic mass is 9.99. The van der Waals surface area contributed by atoms with Crippen molar-refractivity contribution in [1.82, 2.24) is 20.1 Å². The van der Waals surface area contributed by atoms with Crippen LogP contribution in [0.1, 0.15) is 23.6 Å². The van der Waals surface area contributed by atoms with Crippen LogP contribution in [0.4, 0.5) is 0 Å². The summed E-state index contributed by atoms with van der Waals surface area (Å²) in [7, 11) is 0. The second-order valence-electron chi connectivity index (χ2n) is 5.07. The van der Waals surface area contributed by atoms with Crippen molar-refractivity contribution in [3.8, 4) is 0 Å². The lowest BCUT2D eigenvalue weighted by Gasteiger charge is -2.24. The summed E-state index contributed by atoms with van der Waals surface area (Å²) in [6.07, 6.45) is 2.26. The summed E-state index contributed by atoms with van der Waals surface area (Å²) in [5, 5.41) is 14.1. The Morgan fingerprint density at radius 1 is 1.53 bits per heavy atom. The van der Waals surface area contributed by atoms with Gasteiger partial charge in [0.2, 0.25) is 0 Å². The number of aryl methyl sites for hydroxylation is 2. The van der Waals surface area contributed by atoms with Crippen molar-refractivity contribution in [2.45, 2.75) is 32.9 Å². The number of nitrogens with one attached hydrogen (secondary N) is 1. The van der Waals surface area contributed by atoms with E-state index in [0.29, 0.717) is 5.92 Å². The van der Waals surface area contributed by atoms with Gasteiger partial charge in [0.05, 0.1) is 3.79 Å². The second-order valence-corrected chi connectivity index (χ2v) is 7.36. The first-order valence-electron chi connectivity index (χ1n) is 6.54. The zero-order chi connectivity index (χ0) is 13.2. The van der Waals surface area contributed by atoms with Crippen LogP contribution < -0.4 is 5.32 Å². The Kier molecular flexibility index (Phi) is 4.00. The summed E-state index contributed by atoms with van der Waals surface area (Å²) in [4.78, 5) is 0. The van der Waals surface area contributed by atoms with Gasteiger partial charge in [-0.3, -0.25) is 0 Å². The highest BCUT2D eigenvalue weighted by Gasteiger charge is 2.20. The van der Waals surface area contributed by atoms with Gasteiger partial charge < -0.3 is 9.88 Å². The van der Waals surface area contributed by atoms with Crippen LogP contribution in [0.5, 0.6) is 0 Å². The van der Waals surface area contributed by atoms with Crippen molar-refractivity contribution in [2.75, 3.05) is 6.54 Å². The largest absolute Gasteiger partial charge is 0.315 e. The summed E-state index contributed by atoms with van der Waals surface area (Å²) in [5.41, 5.74) is 1.36. The van der Waals surface area contributed by atoms with Gasteiger partial charge in [-0.1, -0.05) is 0 Å². The first-order valence-corrected chi connectivity index (χ1v) is 8.22. The summed E-state index contributed by atoms with van der Waals surface area (Å²) in [6.45, 7) is 5.10. The molecule has 19 heavy (non-hydrogen) atoms. The van der Waals surface area contributed by atoms with E-state index in [1.54, 1.807) is 11.3 Å². The quantitative estimate of drug-likeness (QED) is 0.930. The highest BCUT2D eigenvalue weighted by atomic mass is 79.9. The van der Waals surface area contributed by atoms with Gasteiger partial charge in [-0.25, -0.2) is 0 Å². The molecule has 1 N–H and O–H groups in total. The van der Waals surface area contributed by atoms with E-state index < -0.39 is 0 Å². The molecule has 0 aliphatic carbocycles. The molecule has 3 heterocycles. The molecule has 0 amide bonds. The van der Waals surface area contributed by atoms with Crippen LogP contribution in [-0.4, -0.2) is 21.3 Å². The summed E-state index contributed by atoms with van der Waals surface area (Å²) < 4.78 is 3.46. The Hall–Kier alpha value is -0.720. The van der Waals surface area contributed by atoms with Crippen molar-refractivity contribution in [1.29, 1.82) is 0 Å². The van der Waals surface area contributed by atoms with Crippen LogP contribution in [0, 0.1) is 12.8 Å². The normalized spacial score (nSPS) is 18.5. The van der Waals surface area contributed by atoms with Gasteiger partial charge in [-0.2, -0.15) is 0 Å². The number of halogens is 1. The Morgan fingerprint density at radius 3 is 3.21 bits per heavy atom. The third-order valence-corrected chi connectivity index (χ3v) is 5.17. The SMILES string of the molecule is Cc1nnc2n1C[C@H](CNCc1csc(Br)c1)CC2. The van der Waals surface area contributed by atoms with Gasteiger partial charge >= 0.3 is 0 Å². The fraction of sp³-hybridized carbons (Fsp3) is 0.538. The Labute approximate surface area is 125 Å². The van der Waals surface area contributed by atoms with Crippen LogP contribution in [0.3, 0.4) is 0 Å². The maximum Gasteiger partial charge on any atom is 0.133 e. The van der Waals surface area contributed by atoms with E-state index in [-0.39, 0.29) is 0 Å². The molecule has 0 unspecified atom stereocenters. The van der Waals surface area contributed by atoms with E-state index >= 15 is 0 Å². The first kappa shape index (κ1) is 13.3. The zero-order valence-corrected chi connectivity index (χ0v) is 13.3. The standard InChI is InChI=1S/C13H17BrN4S/c1-9-16-17-13-3-2-10(7-18(9)13)5-15-6-11-4-12(14)19-8-11/h4,8,10,15H,2-3,5-7H2,1H3/t10-/m0/s1. The van der Waals surface area contributed by atoms with Crippen LogP contribution in [0.25, 0.3) is 0 Å². The molecular weight excluding hydrogens is 324 g/mol. The highest BCUT2D eigenvalue weighted by molar-refractivity contribution is 9.11. The fourth-order valence-corrected chi connectivity index (χ4v) is 3.76. The molecule has 6 heteroatoms. The molecule has 2 aromatic heterocycles. The van der Waals surface area contributed by atoms with Crippen molar-refractivity contribution in [2.24, 2.45) is 5.92 Å². The maximum absolute atomic E-state index is 4.21. The molecule has 0 radical (unpaired) electrons. The number of thiophene rings is 1. The minimum atomic E-state index is 0.685. The van der Waals surface area contributed by atoms with E-state index in [1.165, 1.54) is 15.8 Å². The van der Waals surface area contributed by atoms with Crippen LogP contribution in [-0.2, 0) is 19.5 Å². The first-order chi connectivity index (χ1) is 9.22.